The highest BCUT2D eigenvalue weighted by Crippen LogP contribution is 2.36. The van der Waals surface area contributed by atoms with Crippen LogP contribution in [0.4, 0.5) is 5.69 Å². The maximum absolute atomic E-state index is 13.2. The molecule has 0 bridgehead atoms. The Balaban J connectivity index is 1.76. The zero-order valence-corrected chi connectivity index (χ0v) is 15.7. The molecule has 1 saturated heterocycles. The predicted octanol–water partition coefficient (Wildman–Crippen LogP) is 0.828. The van der Waals surface area contributed by atoms with Crippen molar-refractivity contribution in [3.05, 3.63) is 23.8 Å². The maximum Gasteiger partial charge on any atom is 0.248 e. The van der Waals surface area contributed by atoms with E-state index in [4.69, 9.17) is 9.47 Å². The Morgan fingerprint density at radius 3 is 2.63 bits per heavy atom. The fraction of sp³-hybridized carbons (Fsp3) is 0.526. The molecular weight excluding hydrogens is 350 g/mol. The molecule has 0 aromatic heterocycles. The van der Waals surface area contributed by atoms with Crippen LogP contribution in [0.3, 0.4) is 0 Å². The molecule has 146 valence electrons. The number of hydrogen-bond acceptors (Lipinski definition) is 5. The number of fused-ring (bicyclic) bond motifs is 1. The third kappa shape index (κ3) is 4.21. The molecule has 0 radical (unpaired) electrons. The number of carbonyl (C=O) groups excluding carboxylic acids is 3. The van der Waals surface area contributed by atoms with Crippen LogP contribution in [0.2, 0.25) is 0 Å². The molecule has 3 amide bonds. The van der Waals surface area contributed by atoms with Gasteiger partial charge < -0.3 is 24.6 Å². The fourth-order valence-electron chi connectivity index (χ4n) is 3.61. The second-order valence-electron chi connectivity index (χ2n) is 6.75. The molecule has 2 aliphatic heterocycles. The first-order valence-corrected chi connectivity index (χ1v) is 9.06. The summed E-state index contributed by atoms with van der Waals surface area (Å²) in [6.45, 7) is 2.13. The first-order chi connectivity index (χ1) is 13.0. The smallest absolute Gasteiger partial charge is 0.248 e. The summed E-state index contributed by atoms with van der Waals surface area (Å²) >= 11 is 0. The van der Waals surface area contributed by atoms with Gasteiger partial charge in [0.25, 0.3) is 0 Å². The number of carbonyl (C=O) groups is 3. The average molecular weight is 375 g/mol. The molecule has 1 unspecified atom stereocenters. The summed E-state index contributed by atoms with van der Waals surface area (Å²) in [5.74, 6) is -0.211. The van der Waals surface area contributed by atoms with Crippen LogP contribution in [0.1, 0.15) is 24.3 Å². The molecule has 0 saturated carbocycles. The predicted molar refractivity (Wildman–Crippen MR) is 98.6 cm³/mol. The van der Waals surface area contributed by atoms with Gasteiger partial charge in [-0.3, -0.25) is 14.4 Å². The molecule has 2 aliphatic rings. The molecule has 1 fully saturated rings. The number of benzene rings is 1. The van der Waals surface area contributed by atoms with E-state index in [0.29, 0.717) is 44.0 Å². The Bertz CT molecular complexity index is 736. The number of methoxy groups -OCH3 is 2. The number of hydrogen-bond donors (Lipinski definition) is 1. The number of amides is 3. The van der Waals surface area contributed by atoms with E-state index in [1.54, 1.807) is 29.0 Å². The van der Waals surface area contributed by atoms with Gasteiger partial charge >= 0.3 is 0 Å². The zero-order valence-electron chi connectivity index (χ0n) is 15.7. The lowest BCUT2D eigenvalue weighted by atomic mass is 9.89. The van der Waals surface area contributed by atoms with Gasteiger partial charge in [0.2, 0.25) is 17.7 Å². The van der Waals surface area contributed by atoms with Crippen LogP contribution in [0, 0.1) is 0 Å². The van der Waals surface area contributed by atoms with Crippen LogP contribution < -0.4 is 10.1 Å². The van der Waals surface area contributed by atoms with Crippen molar-refractivity contribution in [2.24, 2.45) is 0 Å². The van der Waals surface area contributed by atoms with Gasteiger partial charge in [0.05, 0.1) is 13.0 Å². The van der Waals surface area contributed by atoms with E-state index in [0.717, 1.165) is 5.56 Å². The fourth-order valence-corrected chi connectivity index (χ4v) is 3.61. The van der Waals surface area contributed by atoms with E-state index >= 15 is 0 Å². The highest BCUT2D eigenvalue weighted by Gasteiger charge is 2.34. The van der Waals surface area contributed by atoms with E-state index in [2.05, 4.69) is 5.32 Å². The third-order valence-electron chi connectivity index (χ3n) is 5.02. The molecule has 1 aromatic carbocycles. The number of nitrogens with zero attached hydrogens (tertiary/aromatic N) is 2. The van der Waals surface area contributed by atoms with E-state index in [-0.39, 0.29) is 30.7 Å². The maximum atomic E-state index is 13.2. The molecule has 1 aromatic rings. The van der Waals surface area contributed by atoms with Crippen molar-refractivity contribution in [2.45, 2.75) is 18.8 Å². The minimum absolute atomic E-state index is 0.0455. The van der Waals surface area contributed by atoms with Gasteiger partial charge in [0, 0.05) is 45.4 Å². The SMILES string of the molecule is COCC(=O)N1CCCN(C(=O)C2CC(=O)Nc3ccc(OC)cc32)CC1. The van der Waals surface area contributed by atoms with Crippen LogP contribution >= 0.6 is 0 Å². The Labute approximate surface area is 158 Å². The normalized spacial score (nSPS) is 19.8. The molecule has 1 N–H and O–H groups in total. The Morgan fingerprint density at radius 2 is 1.89 bits per heavy atom. The molecule has 8 heteroatoms. The van der Waals surface area contributed by atoms with Crippen molar-refractivity contribution in [2.75, 3.05) is 52.3 Å². The number of anilines is 1. The number of rotatable bonds is 4. The van der Waals surface area contributed by atoms with Gasteiger partial charge in [0.15, 0.2) is 0 Å². The lowest BCUT2D eigenvalue weighted by Crippen LogP contribution is -2.41. The Kier molecular flexibility index (Phi) is 5.95. The van der Waals surface area contributed by atoms with Crippen LogP contribution in [0.25, 0.3) is 0 Å². The van der Waals surface area contributed by atoms with Crippen LogP contribution in [-0.2, 0) is 19.1 Å². The first kappa shape index (κ1) is 19.2. The minimum atomic E-state index is -0.537. The van der Waals surface area contributed by atoms with Crippen molar-refractivity contribution in [1.82, 2.24) is 9.80 Å². The van der Waals surface area contributed by atoms with Crippen molar-refractivity contribution in [3.63, 3.8) is 0 Å². The van der Waals surface area contributed by atoms with Crippen molar-refractivity contribution >= 4 is 23.4 Å². The van der Waals surface area contributed by atoms with Crippen LogP contribution in [-0.4, -0.2) is 74.5 Å². The van der Waals surface area contributed by atoms with Gasteiger partial charge in [-0.2, -0.15) is 0 Å². The molecule has 3 rings (SSSR count). The summed E-state index contributed by atoms with van der Waals surface area (Å²) in [4.78, 5) is 40.8. The Hall–Kier alpha value is -2.61. The second kappa shape index (κ2) is 8.39. The summed E-state index contributed by atoms with van der Waals surface area (Å²) in [5, 5.41) is 2.82. The summed E-state index contributed by atoms with van der Waals surface area (Å²) in [7, 11) is 3.06. The van der Waals surface area contributed by atoms with Gasteiger partial charge in [0.1, 0.15) is 12.4 Å². The first-order valence-electron chi connectivity index (χ1n) is 9.06. The topological polar surface area (TPSA) is 88.2 Å². The number of nitrogens with one attached hydrogen (secondary N) is 1. The molecule has 1 atom stereocenters. The van der Waals surface area contributed by atoms with E-state index in [9.17, 15) is 14.4 Å². The summed E-state index contributed by atoms with van der Waals surface area (Å²) in [6, 6.07) is 5.33. The average Bonchev–Trinajstić information content (AvgIpc) is 2.93. The minimum Gasteiger partial charge on any atom is -0.497 e. The van der Waals surface area contributed by atoms with Gasteiger partial charge in [-0.25, -0.2) is 0 Å². The van der Waals surface area contributed by atoms with E-state index in [1.165, 1.54) is 7.11 Å². The zero-order chi connectivity index (χ0) is 19.4. The third-order valence-corrected chi connectivity index (χ3v) is 5.02. The largest absolute Gasteiger partial charge is 0.497 e. The second-order valence-corrected chi connectivity index (χ2v) is 6.75. The monoisotopic (exact) mass is 375 g/mol. The summed E-state index contributed by atoms with van der Waals surface area (Å²) in [5.41, 5.74) is 1.42. The van der Waals surface area contributed by atoms with E-state index < -0.39 is 5.92 Å². The standard InChI is InChI=1S/C19H25N3O5/c1-26-12-18(24)21-6-3-7-22(9-8-21)19(25)15-11-17(23)20-16-5-4-13(27-2)10-14(15)16/h4-5,10,15H,3,6-9,11-12H2,1-2H3,(H,20,23). The molecule has 0 aliphatic carbocycles. The quantitative estimate of drug-likeness (QED) is 0.842. The summed E-state index contributed by atoms with van der Waals surface area (Å²) in [6.07, 6.45) is 0.812. The lowest BCUT2D eigenvalue weighted by molar-refractivity contribution is -0.137. The van der Waals surface area contributed by atoms with Crippen molar-refractivity contribution in [1.29, 1.82) is 0 Å². The van der Waals surface area contributed by atoms with E-state index in [1.807, 2.05) is 6.07 Å². The van der Waals surface area contributed by atoms with Gasteiger partial charge in [-0.15, -0.1) is 0 Å². The molecule has 0 spiro atoms. The van der Waals surface area contributed by atoms with Crippen molar-refractivity contribution in [3.8, 4) is 5.75 Å². The summed E-state index contributed by atoms with van der Waals surface area (Å²) < 4.78 is 10.2. The lowest BCUT2D eigenvalue weighted by Gasteiger charge is -2.30. The van der Waals surface area contributed by atoms with Gasteiger partial charge in [-0.1, -0.05) is 0 Å². The van der Waals surface area contributed by atoms with Gasteiger partial charge in [-0.05, 0) is 30.2 Å². The molecular formula is C19H25N3O5. The highest BCUT2D eigenvalue weighted by molar-refractivity contribution is 6.01. The molecule has 2 heterocycles. The van der Waals surface area contributed by atoms with Crippen LogP contribution in [0.15, 0.2) is 18.2 Å². The molecule has 8 nitrogen and oxygen atoms in total. The highest BCUT2D eigenvalue weighted by atomic mass is 16.5. The number of ether oxygens (including phenoxy) is 2. The molecule has 27 heavy (non-hydrogen) atoms. The Morgan fingerprint density at radius 1 is 1.15 bits per heavy atom. The van der Waals surface area contributed by atoms with Crippen molar-refractivity contribution < 1.29 is 23.9 Å². The van der Waals surface area contributed by atoms with Crippen LogP contribution in [0.5, 0.6) is 5.75 Å².